The van der Waals surface area contributed by atoms with Gasteiger partial charge in [0, 0.05) is 26.4 Å². The molecular formula is C19H20N4O3. The number of nitrogens with zero attached hydrogens (tertiary/aromatic N) is 3. The maximum absolute atomic E-state index is 12.2. The van der Waals surface area contributed by atoms with Gasteiger partial charge in [-0.1, -0.05) is 6.07 Å². The van der Waals surface area contributed by atoms with E-state index in [0.29, 0.717) is 23.0 Å². The lowest BCUT2D eigenvalue weighted by Gasteiger charge is -2.15. The number of rotatable bonds is 7. The summed E-state index contributed by atoms with van der Waals surface area (Å²) >= 11 is 0. The summed E-state index contributed by atoms with van der Waals surface area (Å²) in [6, 6.07) is 10.6. The van der Waals surface area contributed by atoms with Crippen LogP contribution in [0.25, 0.3) is 6.08 Å². The summed E-state index contributed by atoms with van der Waals surface area (Å²) < 4.78 is 10.5. The molecule has 0 spiro atoms. The van der Waals surface area contributed by atoms with E-state index in [4.69, 9.17) is 14.7 Å². The van der Waals surface area contributed by atoms with Crippen LogP contribution in [0.4, 0.5) is 11.5 Å². The summed E-state index contributed by atoms with van der Waals surface area (Å²) in [7, 11) is 5.23. The van der Waals surface area contributed by atoms with Crippen molar-refractivity contribution >= 4 is 23.5 Å². The molecule has 1 aromatic heterocycles. The van der Waals surface area contributed by atoms with Gasteiger partial charge in [-0.05, 0) is 35.9 Å². The first kappa shape index (κ1) is 18.8. The highest BCUT2D eigenvalue weighted by atomic mass is 16.5. The average Bonchev–Trinajstić information content (AvgIpc) is 2.65. The molecule has 0 aliphatic rings. The minimum Gasteiger partial charge on any atom is -0.493 e. The molecule has 7 nitrogen and oxygen atoms in total. The molecule has 0 radical (unpaired) electrons. The van der Waals surface area contributed by atoms with Crippen LogP contribution in [0.3, 0.4) is 0 Å². The maximum Gasteiger partial charge on any atom is 0.248 e. The number of hydrogen-bond donors (Lipinski definition) is 1. The SMILES string of the molecule is COc1cc(/C=C/C(=O)Nc2cccnc2N(C)C)ccc1OCC#N. The third kappa shape index (κ3) is 4.98. The van der Waals surface area contributed by atoms with Crippen molar-refractivity contribution in [1.29, 1.82) is 5.26 Å². The smallest absolute Gasteiger partial charge is 0.248 e. The fourth-order valence-corrected chi connectivity index (χ4v) is 2.21. The number of nitriles is 1. The summed E-state index contributed by atoms with van der Waals surface area (Å²) in [5, 5.41) is 11.4. The topological polar surface area (TPSA) is 87.5 Å². The number of carbonyl (C=O) groups is 1. The van der Waals surface area contributed by atoms with Crippen LogP contribution >= 0.6 is 0 Å². The Balaban J connectivity index is 2.10. The van der Waals surface area contributed by atoms with E-state index in [1.807, 2.05) is 25.1 Å². The van der Waals surface area contributed by atoms with Crippen LogP contribution in [0.2, 0.25) is 0 Å². The van der Waals surface area contributed by atoms with Gasteiger partial charge in [0.2, 0.25) is 5.91 Å². The maximum atomic E-state index is 12.2. The molecule has 1 aromatic carbocycles. The number of amides is 1. The Morgan fingerprint density at radius 3 is 2.85 bits per heavy atom. The van der Waals surface area contributed by atoms with Crippen molar-refractivity contribution in [3.05, 3.63) is 48.2 Å². The first-order valence-corrected chi connectivity index (χ1v) is 7.84. The highest BCUT2D eigenvalue weighted by Crippen LogP contribution is 2.28. The molecule has 0 fully saturated rings. The average molecular weight is 352 g/mol. The molecule has 134 valence electrons. The van der Waals surface area contributed by atoms with Crippen molar-refractivity contribution in [2.24, 2.45) is 0 Å². The van der Waals surface area contributed by atoms with Gasteiger partial charge in [0.1, 0.15) is 6.07 Å². The lowest BCUT2D eigenvalue weighted by molar-refractivity contribution is -0.111. The van der Waals surface area contributed by atoms with Gasteiger partial charge < -0.3 is 19.7 Å². The molecule has 1 amide bonds. The minimum atomic E-state index is -0.273. The molecule has 0 unspecified atom stereocenters. The quantitative estimate of drug-likeness (QED) is 0.771. The Morgan fingerprint density at radius 1 is 1.35 bits per heavy atom. The van der Waals surface area contributed by atoms with Crippen molar-refractivity contribution in [2.75, 3.05) is 38.0 Å². The fraction of sp³-hybridized carbons (Fsp3) is 0.211. The first-order valence-electron chi connectivity index (χ1n) is 7.84. The van der Waals surface area contributed by atoms with Crippen molar-refractivity contribution in [3.8, 4) is 17.6 Å². The lowest BCUT2D eigenvalue weighted by atomic mass is 10.2. The predicted molar refractivity (Wildman–Crippen MR) is 100 cm³/mol. The van der Waals surface area contributed by atoms with Crippen molar-refractivity contribution in [1.82, 2.24) is 4.98 Å². The summed E-state index contributed by atoms with van der Waals surface area (Å²) in [5.41, 5.74) is 1.39. The van der Waals surface area contributed by atoms with E-state index in [9.17, 15) is 4.79 Å². The van der Waals surface area contributed by atoms with Gasteiger partial charge in [-0.25, -0.2) is 4.98 Å². The second-order valence-corrected chi connectivity index (χ2v) is 5.45. The number of anilines is 2. The minimum absolute atomic E-state index is 0.0622. The molecule has 1 heterocycles. The fourth-order valence-electron chi connectivity index (χ4n) is 2.21. The van der Waals surface area contributed by atoms with Crippen LogP contribution in [-0.2, 0) is 4.79 Å². The van der Waals surface area contributed by atoms with E-state index in [1.54, 1.807) is 42.6 Å². The molecule has 1 N–H and O–H groups in total. The van der Waals surface area contributed by atoms with Gasteiger partial charge in [0.15, 0.2) is 23.9 Å². The molecule has 26 heavy (non-hydrogen) atoms. The lowest BCUT2D eigenvalue weighted by Crippen LogP contribution is -2.16. The van der Waals surface area contributed by atoms with E-state index in [-0.39, 0.29) is 12.5 Å². The third-order valence-corrected chi connectivity index (χ3v) is 3.38. The number of pyridine rings is 1. The first-order chi connectivity index (χ1) is 12.5. The molecule has 0 bridgehead atoms. The number of methoxy groups -OCH3 is 1. The molecule has 7 heteroatoms. The van der Waals surface area contributed by atoms with Gasteiger partial charge >= 0.3 is 0 Å². The predicted octanol–water partition coefficient (Wildman–Crippen LogP) is 2.71. The molecule has 0 atom stereocenters. The van der Waals surface area contributed by atoms with Crippen LogP contribution in [0.15, 0.2) is 42.6 Å². The van der Waals surface area contributed by atoms with Crippen LogP contribution < -0.4 is 19.7 Å². The van der Waals surface area contributed by atoms with E-state index in [1.165, 1.54) is 13.2 Å². The molecule has 0 saturated carbocycles. The second kappa shape index (κ2) is 9.08. The van der Waals surface area contributed by atoms with Gasteiger partial charge in [-0.15, -0.1) is 0 Å². The van der Waals surface area contributed by atoms with E-state index < -0.39 is 0 Å². The molecule has 2 rings (SSSR count). The molecule has 0 saturated heterocycles. The number of hydrogen-bond acceptors (Lipinski definition) is 6. The molecular weight excluding hydrogens is 332 g/mol. The number of aromatic nitrogens is 1. The highest BCUT2D eigenvalue weighted by Gasteiger charge is 2.08. The summed E-state index contributed by atoms with van der Waals surface area (Å²) in [4.78, 5) is 18.3. The zero-order valence-electron chi connectivity index (χ0n) is 14.9. The van der Waals surface area contributed by atoms with Gasteiger partial charge in [0.25, 0.3) is 0 Å². The number of nitrogens with one attached hydrogen (secondary N) is 1. The molecule has 0 aliphatic carbocycles. The second-order valence-electron chi connectivity index (χ2n) is 5.45. The Bertz CT molecular complexity index is 841. The Hall–Kier alpha value is -3.53. The monoisotopic (exact) mass is 352 g/mol. The van der Waals surface area contributed by atoms with Crippen LogP contribution in [0.5, 0.6) is 11.5 Å². The summed E-state index contributed by atoms with van der Waals surface area (Å²) in [6.07, 6.45) is 4.76. The largest absolute Gasteiger partial charge is 0.493 e. The van der Waals surface area contributed by atoms with E-state index >= 15 is 0 Å². The standard InChI is InChI=1S/C19H20N4O3/c1-23(2)19-15(5-4-11-21-19)22-18(24)9-7-14-6-8-16(26-12-10-20)17(13-14)25-3/h4-9,11,13H,12H2,1-3H3,(H,22,24)/b9-7+. The van der Waals surface area contributed by atoms with Gasteiger partial charge in [-0.2, -0.15) is 5.26 Å². The van der Waals surface area contributed by atoms with Crippen LogP contribution in [0, 0.1) is 11.3 Å². The Morgan fingerprint density at radius 2 is 2.15 bits per heavy atom. The van der Waals surface area contributed by atoms with Crippen molar-refractivity contribution < 1.29 is 14.3 Å². The van der Waals surface area contributed by atoms with E-state index in [2.05, 4.69) is 10.3 Å². The number of benzene rings is 1. The molecule has 2 aromatic rings. The summed E-state index contributed by atoms with van der Waals surface area (Å²) in [6.45, 7) is -0.0622. The highest BCUT2D eigenvalue weighted by molar-refractivity contribution is 6.03. The molecule has 0 aliphatic heterocycles. The van der Waals surface area contributed by atoms with Crippen LogP contribution in [-0.4, -0.2) is 38.7 Å². The number of carbonyl (C=O) groups excluding carboxylic acids is 1. The van der Waals surface area contributed by atoms with Crippen LogP contribution in [0.1, 0.15) is 5.56 Å². The van der Waals surface area contributed by atoms with E-state index in [0.717, 1.165) is 5.56 Å². The Labute approximate surface area is 152 Å². The van der Waals surface area contributed by atoms with Gasteiger partial charge in [0.05, 0.1) is 12.8 Å². The zero-order chi connectivity index (χ0) is 18.9. The zero-order valence-corrected chi connectivity index (χ0v) is 14.9. The van der Waals surface area contributed by atoms with Crippen molar-refractivity contribution in [3.63, 3.8) is 0 Å². The van der Waals surface area contributed by atoms with Crippen molar-refractivity contribution in [2.45, 2.75) is 0 Å². The Kier molecular flexibility index (Phi) is 6.57. The van der Waals surface area contributed by atoms with Gasteiger partial charge in [-0.3, -0.25) is 4.79 Å². The number of ether oxygens (including phenoxy) is 2. The third-order valence-electron chi connectivity index (χ3n) is 3.38. The summed E-state index contributed by atoms with van der Waals surface area (Å²) in [5.74, 6) is 1.37. The normalized spacial score (nSPS) is 10.2.